The zero-order valence-electron chi connectivity index (χ0n) is 9.56. The van der Waals surface area contributed by atoms with E-state index in [1.165, 1.54) is 12.8 Å². The molecule has 2 nitrogen and oxygen atoms in total. The molecule has 0 saturated heterocycles. The molecule has 0 aliphatic carbocycles. The monoisotopic (exact) mass is 187 g/mol. The minimum Gasteiger partial charge on any atom is -0.396 e. The fourth-order valence-corrected chi connectivity index (χ4v) is 1.30. The highest BCUT2D eigenvalue weighted by Crippen LogP contribution is 2.08. The van der Waals surface area contributed by atoms with Crippen molar-refractivity contribution in [2.24, 2.45) is 5.92 Å². The SMILES string of the molecule is CC(C)CCCNC(C)(C)CCO. The van der Waals surface area contributed by atoms with Crippen LogP contribution >= 0.6 is 0 Å². The summed E-state index contributed by atoms with van der Waals surface area (Å²) in [6, 6.07) is 0. The molecule has 0 rings (SSSR count). The second-order valence-corrected chi connectivity index (χ2v) is 4.82. The van der Waals surface area contributed by atoms with Crippen LogP contribution in [-0.4, -0.2) is 23.8 Å². The summed E-state index contributed by atoms with van der Waals surface area (Å²) in [6.07, 6.45) is 3.34. The maximum atomic E-state index is 8.81. The molecule has 2 heteroatoms. The molecule has 0 unspecified atom stereocenters. The van der Waals surface area contributed by atoms with Gasteiger partial charge >= 0.3 is 0 Å². The zero-order valence-corrected chi connectivity index (χ0v) is 9.56. The first-order valence-electron chi connectivity index (χ1n) is 5.34. The lowest BCUT2D eigenvalue weighted by Gasteiger charge is -2.25. The van der Waals surface area contributed by atoms with Gasteiger partial charge in [0.15, 0.2) is 0 Å². The van der Waals surface area contributed by atoms with E-state index in [0.29, 0.717) is 0 Å². The molecule has 13 heavy (non-hydrogen) atoms. The van der Waals surface area contributed by atoms with Crippen LogP contribution in [0.1, 0.15) is 47.0 Å². The highest BCUT2D eigenvalue weighted by atomic mass is 16.3. The quantitative estimate of drug-likeness (QED) is 0.599. The largest absolute Gasteiger partial charge is 0.396 e. The van der Waals surface area contributed by atoms with E-state index in [0.717, 1.165) is 18.9 Å². The van der Waals surface area contributed by atoms with E-state index >= 15 is 0 Å². The van der Waals surface area contributed by atoms with Crippen molar-refractivity contribution >= 4 is 0 Å². The number of aliphatic hydroxyl groups excluding tert-OH is 1. The van der Waals surface area contributed by atoms with Crippen LogP contribution < -0.4 is 5.32 Å². The summed E-state index contributed by atoms with van der Waals surface area (Å²) in [4.78, 5) is 0. The Morgan fingerprint density at radius 2 is 1.92 bits per heavy atom. The first-order valence-corrected chi connectivity index (χ1v) is 5.34. The Balaban J connectivity index is 3.40. The second kappa shape index (κ2) is 6.39. The molecule has 0 atom stereocenters. The fourth-order valence-electron chi connectivity index (χ4n) is 1.30. The summed E-state index contributed by atoms with van der Waals surface area (Å²) < 4.78 is 0. The maximum absolute atomic E-state index is 8.81. The predicted molar refractivity (Wildman–Crippen MR) is 57.9 cm³/mol. The third-order valence-corrected chi connectivity index (χ3v) is 2.30. The van der Waals surface area contributed by atoms with Crippen LogP contribution in [0, 0.1) is 5.92 Å². The van der Waals surface area contributed by atoms with Gasteiger partial charge in [0, 0.05) is 12.1 Å². The van der Waals surface area contributed by atoms with Gasteiger partial charge in [0.1, 0.15) is 0 Å². The van der Waals surface area contributed by atoms with Crippen LogP contribution in [0.2, 0.25) is 0 Å². The molecule has 0 aliphatic rings. The third-order valence-electron chi connectivity index (χ3n) is 2.30. The lowest BCUT2D eigenvalue weighted by atomic mass is 10.0. The Kier molecular flexibility index (Phi) is 6.35. The summed E-state index contributed by atoms with van der Waals surface area (Å²) in [6.45, 7) is 10.1. The van der Waals surface area contributed by atoms with Gasteiger partial charge in [-0.15, -0.1) is 0 Å². The van der Waals surface area contributed by atoms with Crippen molar-refractivity contribution in [3.05, 3.63) is 0 Å². The molecule has 0 saturated carbocycles. The summed E-state index contributed by atoms with van der Waals surface area (Å²) in [5.41, 5.74) is 0.0890. The van der Waals surface area contributed by atoms with Gasteiger partial charge in [-0.2, -0.15) is 0 Å². The highest BCUT2D eigenvalue weighted by Gasteiger charge is 2.14. The Bertz CT molecular complexity index is 121. The van der Waals surface area contributed by atoms with Crippen molar-refractivity contribution in [2.75, 3.05) is 13.2 Å². The van der Waals surface area contributed by atoms with Gasteiger partial charge in [-0.25, -0.2) is 0 Å². The van der Waals surface area contributed by atoms with E-state index in [2.05, 4.69) is 33.0 Å². The van der Waals surface area contributed by atoms with Crippen molar-refractivity contribution < 1.29 is 5.11 Å². The maximum Gasteiger partial charge on any atom is 0.0448 e. The molecule has 0 radical (unpaired) electrons. The Labute approximate surface area is 82.7 Å². The number of hydrogen-bond donors (Lipinski definition) is 2. The third kappa shape index (κ3) is 8.26. The van der Waals surface area contributed by atoms with E-state index in [4.69, 9.17) is 5.11 Å². The topological polar surface area (TPSA) is 32.3 Å². The molecule has 0 bridgehead atoms. The number of aliphatic hydroxyl groups is 1. The van der Waals surface area contributed by atoms with Crippen molar-refractivity contribution in [3.8, 4) is 0 Å². The first-order chi connectivity index (χ1) is 5.98. The molecule has 0 aliphatic heterocycles. The normalized spacial score (nSPS) is 12.5. The van der Waals surface area contributed by atoms with Gasteiger partial charge in [0.25, 0.3) is 0 Å². The lowest BCUT2D eigenvalue weighted by Crippen LogP contribution is -2.40. The fraction of sp³-hybridized carbons (Fsp3) is 1.00. The standard InChI is InChI=1S/C11H25NO/c1-10(2)6-5-8-12-11(3,4)7-9-13/h10,12-13H,5-9H2,1-4H3. The van der Waals surface area contributed by atoms with E-state index < -0.39 is 0 Å². The van der Waals surface area contributed by atoms with Crippen LogP contribution in [-0.2, 0) is 0 Å². The van der Waals surface area contributed by atoms with E-state index in [1.54, 1.807) is 0 Å². The van der Waals surface area contributed by atoms with Gasteiger partial charge in [-0.1, -0.05) is 13.8 Å². The van der Waals surface area contributed by atoms with Gasteiger partial charge < -0.3 is 10.4 Å². The summed E-state index contributed by atoms with van der Waals surface area (Å²) in [5, 5.41) is 12.3. The molecule has 0 aromatic heterocycles. The average Bonchev–Trinajstić information content (AvgIpc) is 1.98. The minimum absolute atomic E-state index is 0.0890. The van der Waals surface area contributed by atoms with E-state index in [1.807, 2.05) is 0 Å². The molecule has 2 N–H and O–H groups in total. The van der Waals surface area contributed by atoms with Gasteiger partial charge in [0.05, 0.1) is 0 Å². The molecule has 0 aromatic rings. The molecule has 80 valence electrons. The van der Waals surface area contributed by atoms with Crippen LogP contribution in [0.15, 0.2) is 0 Å². The molecular formula is C11H25NO. The summed E-state index contributed by atoms with van der Waals surface area (Å²) in [5.74, 6) is 0.794. The minimum atomic E-state index is 0.0890. The second-order valence-electron chi connectivity index (χ2n) is 4.82. The smallest absolute Gasteiger partial charge is 0.0448 e. The number of rotatable bonds is 7. The molecule has 0 heterocycles. The number of nitrogens with one attached hydrogen (secondary N) is 1. The Morgan fingerprint density at radius 1 is 1.31 bits per heavy atom. The van der Waals surface area contributed by atoms with Crippen LogP contribution in [0.3, 0.4) is 0 Å². The van der Waals surface area contributed by atoms with Crippen LogP contribution in [0.5, 0.6) is 0 Å². The van der Waals surface area contributed by atoms with Crippen LogP contribution in [0.4, 0.5) is 0 Å². The average molecular weight is 187 g/mol. The first kappa shape index (κ1) is 12.9. The van der Waals surface area contributed by atoms with Gasteiger partial charge in [-0.3, -0.25) is 0 Å². The zero-order chi connectivity index (χ0) is 10.3. The number of hydrogen-bond acceptors (Lipinski definition) is 2. The molecule has 0 fully saturated rings. The summed E-state index contributed by atoms with van der Waals surface area (Å²) >= 11 is 0. The van der Waals surface area contributed by atoms with Gasteiger partial charge in [-0.05, 0) is 45.6 Å². The van der Waals surface area contributed by atoms with Crippen molar-refractivity contribution in [2.45, 2.75) is 52.5 Å². The molecular weight excluding hydrogens is 162 g/mol. The lowest BCUT2D eigenvalue weighted by molar-refractivity contribution is 0.230. The molecule has 0 amide bonds. The van der Waals surface area contributed by atoms with Crippen molar-refractivity contribution in [3.63, 3.8) is 0 Å². The van der Waals surface area contributed by atoms with E-state index in [9.17, 15) is 0 Å². The van der Waals surface area contributed by atoms with Crippen molar-refractivity contribution in [1.82, 2.24) is 5.32 Å². The highest BCUT2D eigenvalue weighted by molar-refractivity contribution is 4.76. The van der Waals surface area contributed by atoms with Crippen molar-refractivity contribution in [1.29, 1.82) is 0 Å². The Hall–Kier alpha value is -0.0800. The van der Waals surface area contributed by atoms with E-state index in [-0.39, 0.29) is 12.1 Å². The molecule has 0 spiro atoms. The predicted octanol–water partition coefficient (Wildman–Crippen LogP) is 2.17. The molecule has 0 aromatic carbocycles. The Morgan fingerprint density at radius 3 is 2.38 bits per heavy atom. The van der Waals surface area contributed by atoms with Gasteiger partial charge in [0.2, 0.25) is 0 Å². The summed E-state index contributed by atoms with van der Waals surface area (Å²) in [7, 11) is 0. The van der Waals surface area contributed by atoms with Crippen LogP contribution in [0.25, 0.3) is 0 Å².